The first-order valence-electron chi connectivity index (χ1n) is 7.88. The van der Waals surface area contributed by atoms with E-state index in [0.717, 1.165) is 30.6 Å². The van der Waals surface area contributed by atoms with Crippen molar-refractivity contribution >= 4 is 29.9 Å². The molecule has 1 aromatic rings. The van der Waals surface area contributed by atoms with Gasteiger partial charge in [-0.3, -0.25) is 4.99 Å². The smallest absolute Gasteiger partial charge is 0.191 e. The average Bonchev–Trinajstić information content (AvgIpc) is 3.07. The molecule has 2 heterocycles. The van der Waals surface area contributed by atoms with Crippen LogP contribution in [0, 0.1) is 18.3 Å². The van der Waals surface area contributed by atoms with Gasteiger partial charge in [0.1, 0.15) is 5.82 Å². The molecule has 2 aliphatic rings. The largest absolute Gasteiger partial charge is 0.377 e. The highest BCUT2D eigenvalue weighted by molar-refractivity contribution is 14.0. The van der Waals surface area contributed by atoms with E-state index in [1.54, 1.807) is 7.05 Å². The number of aromatic nitrogens is 3. The normalized spacial score (nSPS) is 28.6. The van der Waals surface area contributed by atoms with Crippen LogP contribution in [0.2, 0.25) is 0 Å². The Labute approximate surface area is 154 Å². The Morgan fingerprint density at radius 2 is 2.17 bits per heavy atom. The van der Waals surface area contributed by atoms with Crippen molar-refractivity contribution in [1.82, 2.24) is 25.4 Å². The number of hydrogen-bond acceptors (Lipinski definition) is 4. The molecule has 0 spiro atoms. The third-order valence-corrected chi connectivity index (χ3v) is 5.21. The molecule has 3 atom stereocenters. The number of guanidine groups is 1. The lowest BCUT2D eigenvalue weighted by Crippen LogP contribution is -2.67. The van der Waals surface area contributed by atoms with E-state index in [-0.39, 0.29) is 29.4 Å². The summed E-state index contributed by atoms with van der Waals surface area (Å²) in [6.45, 7) is 7.95. The Morgan fingerprint density at radius 1 is 1.43 bits per heavy atom. The Hall–Kier alpha value is -0.900. The molecule has 1 aliphatic heterocycles. The maximum atomic E-state index is 5.84. The highest BCUT2D eigenvalue weighted by Crippen LogP contribution is 2.52. The number of rotatable bonds is 3. The van der Waals surface area contributed by atoms with E-state index in [2.05, 4.69) is 39.7 Å². The van der Waals surface area contributed by atoms with Crippen molar-refractivity contribution < 1.29 is 4.74 Å². The van der Waals surface area contributed by atoms with Crippen molar-refractivity contribution in [1.29, 1.82) is 0 Å². The summed E-state index contributed by atoms with van der Waals surface area (Å²) >= 11 is 0. The summed E-state index contributed by atoms with van der Waals surface area (Å²) in [4.78, 5) is 4.34. The summed E-state index contributed by atoms with van der Waals surface area (Å²) in [5.74, 6) is 3.20. The molecule has 7 nitrogen and oxygen atoms in total. The van der Waals surface area contributed by atoms with Crippen molar-refractivity contribution in [3.05, 3.63) is 11.6 Å². The molecular weight excluding hydrogens is 407 g/mol. The fourth-order valence-electron chi connectivity index (χ4n) is 3.73. The summed E-state index contributed by atoms with van der Waals surface area (Å²) in [6, 6.07) is 0.396. The third kappa shape index (κ3) is 3.19. The van der Waals surface area contributed by atoms with Crippen LogP contribution >= 0.6 is 24.0 Å². The van der Waals surface area contributed by atoms with Crippen LogP contribution in [0.4, 0.5) is 0 Å². The molecule has 1 aromatic heterocycles. The lowest BCUT2D eigenvalue weighted by atomic mass is 9.57. The first-order chi connectivity index (χ1) is 10.4. The zero-order chi connectivity index (χ0) is 15.9. The summed E-state index contributed by atoms with van der Waals surface area (Å²) < 4.78 is 7.82. The van der Waals surface area contributed by atoms with Crippen molar-refractivity contribution in [2.75, 3.05) is 13.7 Å². The van der Waals surface area contributed by atoms with Gasteiger partial charge < -0.3 is 19.9 Å². The van der Waals surface area contributed by atoms with Crippen LogP contribution in [-0.4, -0.2) is 46.5 Å². The van der Waals surface area contributed by atoms with E-state index >= 15 is 0 Å². The zero-order valence-electron chi connectivity index (χ0n) is 14.5. The van der Waals surface area contributed by atoms with Crippen LogP contribution in [0.15, 0.2) is 4.99 Å². The van der Waals surface area contributed by atoms with Crippen molar-refractivity contribution in [2.24, 2.45) is 23.4 Å². The van der Waals surface area contributed by atoms with Gasteiger partial charge in [-0.15, -0.1) is 34.2 Å². The molecule has 130 valence electrons. The van der Waals surface area contributed by atoms with Crippen LogP contribution in [0.3, 0.4) is 0 Å². The summed E-state index contributed by atoms with van der Waals surface area (Å²) in [5.41, 5.74) is 0.139. The second-order valence-corrected chi connectivity index (χ2v) is 6.84. The van der Waals surface area contributed by atoms with Gasteiger partial charge in [0, 0.05) is 38.1 Å². The van der Waals surface area contributed by atoms with Gasteiger partial charge in [-0.2, -0.15) is 0 Å². The van der Waals surface area contributed by atoms with Crippen LogP contribution in [0.25, 0.3) is 0 Å². The highest BCUT2D eigenvalue weighted by atomic mass is 127. The summed E-state index contributed by atoms with van der Waals surface area (Å²) in [5, 5.41) is 15.1. The molecule has 1 saturated heterocycles. The average molecular weight is 434 g/mol. The number of nitrogens with zero attached hydrogens (tertiary/aromatic N) is 4. The molecule has 2 fully saturated rings. The van der Waals surface area contributed by atoms with E-state index in [0.29, 0.717) is 24.6 Å². The van der Waals surface area contributed by atoms with Gasteiger partial charge in [0.2, 0.25) is 0 Å². The Kier molecular flexibility index (Phi) is 5.55. The molecule has 1 saturated carbocycles. The minimum Gasteiger partial charge on any atom is -0.377 e. The maximum Gasteiger partial charge on any atom is 0.191 e. The van der Waals surface area contributed by atoms with Crippen LogP contribution in [0.1, 0.15) is 31.9 Å². The van der Waals surface area contributed by atoms with Crippen LogP contribution in [-0.2, 0) is 18.3 Å². The number of aryl methyl sites for hydroxylation is 1. The molecule has 23 heavy (non-hydrogen) atoms. The number of hydrogen-bond donors (Lipinski definition) is 2. The topological polar surface area (TPSA) is 76.4 Å². The molecule has 0 aromatic carbocycles. The summed E-state index contributed by atoms with van der Waals surface area (Å²) in [7, 11) is 3.77. The monoisotopic (exact) mass is 434 g/mol. The SMILES string of the molecule is CN=C(NCc1nnc(C)n1C)NC1C2CCOC2C1(C)C.I. The molecule has 2 N–H and O–H groups in total. The molecule has 3 rings (SSSR count). The van der Waals surface area contributed by atoms with Gasteiger partial charge in [-0.25, -0.2) is 0 Å². The second kappa shape index (κ2) is 6.92. The zero-order valence-corrected chi connectivity index (χ0v) is 16.8. The molecule has 0 radical (unpaired) electrons. The predicted molar refractivity (Wildman–Crippen MR) is 99.9 cm³/mol. The Bertz CT molecular complexity index is 585. The number of aliphatic imine (C=N–C) groups is 1. The van der Waals surface area contributed by atoms with Gasteiger partial charge in [0.15, 0.2) is 11.8 Å². The molecule has 1 aliphatic carbocycles. The number of ether oxygens (including phenoxy) is 1. The lowest BCUT2D eigenvalue weighted by Gasteiger charge is -2.54. The van der Waals surface area contributed by atoms with Crippen molar-refractivity contribution in [2.45, 2.75) is 45.9 Å². The first-order valence-corrected chi connectivity index (χ1v) is 7.88. The fourth-order valence-corrected chi connectivity index (χ4v) is 3.73. The van der Waals surface area contributed by atoms with Crippen molar-refractivity contribution in [3.8, 4) is 0 Å². The van der Waals surface area contributed by atoms with E-state index in [1.807, 2.05) is 18.5 Å². The first kappa shape index (κ1) is 18.4. The number of nitrogens with one attached hydrogen (secondary N) is 2. The second-order valence-electron chi connectivity index (χ2n) is 6.84. The molecule has 3 unspecified atom stereocenters. The molecule has 0 amide bonds. The van der Waals surface area contributed by atoms with Gasteiger partial charge in [-0.1, -0.05) is 13.8 Å². The van der Waals surface area contributed by atoms with Gasteiger partial charge in [0.05, 0.1) is 12.6 Å². The molecular formula is C15H27IN6O. The minimum atomic E-state index is 0. The van der Waals surface area contributed by atoms with Crippen LogP contribution < -0.4 is 10.6 Å². The Balaban J connectivity index is 0.00000192. The van der Waals surface area contributed by atoms with E-state index in [9.17, 15) is 0 Å². The van der Waals surface area contributed by atoms with Gasteiger partial charge in [-0.05, 0) is 13.3 Å². The van der Waals surface area contributed by atoms with E-state index < -0.39 is 0 Å². The van der Waals surface area contributed by atoms with Crippen LogP contribution in [0.5, 0.6) is 0 Å². The molecule has 8 heteroatoms. The number of halogens is 1. The van der Waals surface area contributed by atoms with E-state index in [4.69, 9.17) is 4.74 Å². The third-order valence-electron chi connectivity index (χ3n) is 5.21. The standard InChI is InChI=1S/C15H26N6O.HI/c1-9-19-20-11(21(9)5)8-17-14(16-4)18-12-10-6-7-22-13(10)15(12,2)3;/h10,12-13H,6-8H2,1-5H3,(H2,16,17,18);1H. The predicted octanol–water partition coefficient (Wildman–Crippen LogP) is 1.22. The fraction of sp³-hybridized carbons (Fsp3) is 0.800. The quantitative estimate of drug-likeness (QED) is 0.425. The maximum absolute atomic E-state index is 5.84. The minimum absolute atomic E-state index is 0. The number of fused-ring (bicyclic) bond motifs is 1. The van der Waals surface area contributed by atoms with Gasteiger partial charge in [0.25, 0.3) is 0 Å². The molecule has 0 bridgehead atoms. The van der Waals surface area contributed by atoms with Crippen molar-refractivity contribution in [3.63, 3.8) is 0 Å². The van der Waals surface area contributed by atoms with E-state index in [1.165, 1.54) is 0 Å². The van der Waals surface area contributed by atoms with Gasteiger partial charge >= 0.3 is 0 Å². The lowest BCUT2D eigenvalue weighted by molar-refractivity contribution is -0.106. The highest BCUT2D eigenvalue weighted by Gasteiger charge is 2.59. The summed E-state index contributed by atoms with van der Waals surface area (Å²) in [6.07, 6.45) is 1.51. The Morgan fingerprint density at radius 3 is 2.78 bits per heavy atom.